The van der Waals surface area contributed by atoms with E-state index in [4.69, 9.17) is 11.6 Å². The summed E-state index contributed by atoms with van der Waals surface area (Å²) in [5.41, 5.74) is 2.29. The van der Waals surface area contributed by atoms with Crippen molar-refractivity contribution in [2.75, 3.05) is 0 Å². The Morgan fingerprint density at radius 1 is 1.62 bits per heavy atom. The van der Waals surface area contributed by atoms with Crippen LogP contribution >= 0.6 is 38.9 Å². The Hall–Kier alpha value is -0.120. The van der Waals surface area contributed by atoms with Crippen LogP contribution in [0.5, 0.6) is 0 Å². The molecule has 2 aromatic rings. The van der Waals surface area contributed by atoms with Crippen LogP contribution in [0.2, 0.25) is 5.02 Å². The van der Waals surface area contributed by atoms with E-state index < -0.39 is 0 Å². The van der Waals surface area contributed by atoms with Gasteiger partial charge in [0.2, 0.25) is 0 Å². The number of pyridine rings is 1. The van der Waals surface area contributed by atoms with E-state index in [1.165, 1.54) is 10.4 Å². The molecule has 0 amide bonds. The average Bonchev–Trinajstić information content (AvgIpc) is 2.43. The minimum absolute atomic E-state index is 0.797. The number of hydrogen-bond acceptors (Lipinski definition) is 2. The molecule has 0 aromatic carbocycles. The summed E-state index contributed by atoms with van der Waals surface area (Å²) in [5.74, 6) is 0. The smallest absolute Gasteiger partial charge is 0.0868 e. The minimum Gasteiger partial charge on any atom is -0.255 e. The lowest BCUT2D eigenvalue weighted by atomic mass is 10.2. The number of aryl methyl sites for hydroxylation is 1. The quantitative estimate of drug-likeness (QED) is 0.713. The molecule has 0 saturated carbocycles. The first-order valence-corrected chi connectivity index (χ1v) is 6.14. The first-order chi connectivity index (χ1) is 6.24. The molecule has 0 bridgehead atoms. The highest BCUT2D eigenvalue weighted by atomic mass is 79.9. The van der Waals surface area contributed by atoms with Crippen molar-refractivity contribution in [3.05, 3.63) is 27.7 Å². The van der Waals surface area contributed by atoms with Crippen LogP contribution in [0.1, 0.15) is 10.4 Å². The Labute approximate surface area is 93.9 Å². The monoisotopic (exact) mass is 275 g/mol. The highest BCUT2D eigenvalue weighted by molar-refractivity contribution is 9.08. The Kier molecular flexibility index (Phi) is 2.58. The van der Waals surface area contributed by atoms with Crippen molar-refractivity contribution in [3.8, 4) is 0 Å². The van der Waals surface area contributed by atoms with Crippen LogP contribution in [0, 0.1) is 6.92 Å². The maximum absolute atomic E-state index is 6.05. The number of fused-ring (bicyclic) bond motifs is 1. The second-order valence-corrected chi connectivity index (χ2v) is 4.93. The number of nitrogens with zero attached hydrogens (tertiary/aromatic N) is 1. The maximum Gasteiger partial charge on any atom is 0.0868 e. The summed E-state index contributed by atoms with van der Waals surface area (Å²) in [6.07, 6.45) is 1.75. The third-order valence-electron chi connectivity index (χ3n) is 1.96. The van der Waals surface area contributed by atoms with Gasteiger partial charge in [0.25, 0.3) is 0 Å². The van der Waals surface area contributed by atoms with Crippen molar-refractivity contribution < 1.29 is 0 Å². The van der Waals surface area contributed by atoms with E-state index in [-0.39, 0.29) is 0 Å². The lowest BCUT2D eigenvalue weighted by Gasteiger charge is -1.93. The molecule has 2 rings (SSSR count). The summed E-state index contributed by atoms with van der Waals surface area (Å²) in [6, 6.07) is 1.83. The Bertz CT molecular complexity index is 452. The molecule has 0 saturated heterocycles. The molecule has 0 unspecified atom stereocenters. The lowest BCUT2D eigenvalue weighted by molar-refractivity contribution is 1.35. The molecular formula is C9H7BrClNS. The Morgan fingerprint density at radius 2 is 2.38 bits per heavy atom. The van der Waals surface area contributed by atoms with Gasteiger partial charge in [0.15, 0.2) is 0 Å². The number of hydrogen-bond donors (Lipinski definition) is 0. The molecular weight excluding hydrogens is 270 g/mol. The summed E-state index contributed by atoms with van der Waals surface area (Å²) in [7, 11) is 0. The zero-order chi connectivity index (χ0) is 9.42. The molecule has 4 heteroatoms. The molecule has 68 valence electrons. The molecule has 2 heterocycles. The first kappa shape index (κ1) is 9.44. The maximum atomic E-state index is 6.05. The van der Waals surface area contributed by atoms with Crippen molar-refractivity contribution in [1.82, 2.24) is 4.98 Å². The summed E-state index contributed by atoms with van der Waals surface area (Å²) in [5, 5.41) is 1.64. The highest BCUT2D eigenvalue weighted by Crippen LogP contribution is 2.34. The van der Waals surface area contributed by atoms with Crippen LogP contribution in [-0.2, 0) is 5.33 Å². The normalized spacial score (nSPS) is 11.0. The molecule has 0 aliphatic rings. The first-order valence-electron chi connectivity index (χ1n) is 3.82. The van der Waals surface area contributed by atoms with Gasteiger partial charge in [-0.2, -0.15) is 0 Å². The molecule has 0 atom stereocenters. The zero-order valence-corrected chi connectivity index (χ0v) is 10.1. The van der Waals surface area contributed by atoms with Crippen LogP contribution < -0.4 is 0 Å². The Balaban J connectivity index is 2.86. The molecule has 13 heavy (non-hydrogen) atoms. The molecule has 0 aliphatic carbocycles. The molecule has 0 spiro atoms. The third kappa shape index (κ3) is 1.49. The molecule has 0 N–H and O–H groups in total. The fraction of sp³-hybridized carbons (Fsp3) is 0.222. The van der Waals surface area contributed by atoms with Crippen molar-refractivity contribution >= 4 is 49.1 Å². The minimum atomic E-state index is 0.797. The SMILES string of the molecule is Cc1sc2c(Cl)ccnc2c1CBr. The van der Waals surface area contributed by atoms with Crippen molar-refractivity contribution in [2.24, 2.45) is 0 Å². The van der Waals surface area contributed by atoms with E-state index in [2.05, 4.69) is 27.8 Å². The van der Waals surface area contributed by atoms with Crippen LogP contribution in [-0.4, -0.2) is 4.98 Å². The van der Waals surface area contributed by atoms with Crippen LogP contribution in [0.25, 0.3) is 10.2 Å². The van der Waals surface area contributed by atoms with Crippen LogP contribution in [0.15, 0.2) is 12.3 Å². The van der Waals surface area contributed by atoms with Crippen molar-refractivity contribution in [1.29, 1.82) is 0 Å². The summed E-state index contributed by atoms with van der Waals surface area (Å²) < 4.78 is 1.09. The molecule has 0 aliphatic heterocycles. The number of alkyl halides is 1. The van der Waals surface area contributed by atoms with E-state index in [1.807, 2.05) is 6.07 Å². The van der Waals surface area contributed by atoms with Gasteiger partial charge in [-0.25, -0.2) is 0 Å². The summed E-state index contributed by atoms with van der Waals surface area (Å²) in [4.78, 5) is 5.61. The lowest BCUT2D eigenvalue weighted by Crippen LogP contribution is -1.80. The van der Waals surface area contributed by atoms with Crippen LogP contribution in [0.4, 0.5) is 0 Å². The van der Waals surface area contributed by atoms with E-state index in [0.29, 0.717) is 0 Å². The molecule has 0 radical (unpaired) electrons. The number of thiophene rings is 1. The second kappa shape index (κ2) is 3.56. The van der Waals surface area contributed by atoms with E-state index >= 15 is 0 Å². The number of rotatable bonds is 1. The second-order valence-electron chi connectivity index (χ2n) is 2.74. The van der Waals surface area contributed by atoms with E-state index in [1.54, 1.807) is 17.5 Å². The van der Waals surface area contributed by atoms with Gasteiger partial charge in [-0.3, -0.25) is 4.98 Å². The van der Waals surface area contributed by atoms with Crippen molar-refractivity contribution in [2.45, 2.75) is 12.3 Å². The third-order valence-corrected chi connectivity index (χ3v) is 4.11. The van der Waals surface area contributed by atoms with Gasteiger partial charge in [-0.05, 0) is 13.0 Å². The van der Waals surface area contributed by atoms with Crippen molar-refractivity contribution in [3.63, 3.8) is 0 Å². The summed E-state index contributed by atoms with van der Waals surface area (Å²) >= 11 is 11.2. The van der Waals surface area contributed by atoms with Gasteiger partial charge in [-0.15, -0.1) is 11.3 Å². The standard InChI is InChI=1S/C9H7BrClNS/c1-5-6(4-10)8-9(13-5)7(11)2-3-12-8/h2-3H,4H2,1H3. The van der Waals surface area contributed by atoms with E-state index in [0.717, 1.165) is 20.6 Å². The fourth-order valence-electron chi connectivity index (χ4n) is 1.28. The molecule has 1 nitrogen and oxygen atoms in total. The predicted molar refractivity (Wildman–Crippen MR) is 62.0 cm³/mol. The van der Waals surface area contributed by atoms with Gasteiger partial charge in [0.05, 0.1) is 15.2 Å². The van der Waals surface area contributed by atoms with Gasteiger partial charge >= 0.3 is 0 Å². The van der Waals surface area contributed by atoms with E-state index in [9.17, 15) is 0 Å². The Morgan fingerprint density at radius 3 is 3.08 bits per heavy atom. The summed E-state index contributed by atoms with van der Waals surface area (Å²) in [6.45, 7) is 2.10. The van der Waals surface area contributed by atoms with Crippen LogP contribution in [0.3, 0.4) is 0 Å². The topological polar surface area (TPSA) is 12.9 Å². The largest absolute Gasteiger partial charge is 0.255 e. The number of halogens is 2. The zero-order valence-electron chi connectivity index (χ0n) is 6.97. The van der Waals surface area contributed by atoms with Gasteiger partial charge < -0.3 is 0 Å². The number of aromatic nitrogens is 1. The van der Waals surface area contributed by atoms with Gasteiger partial charge in [-0.1, -0.05) is 27.5 Å². The molecule has 0 fully saturated rings. The highest BCUT2D eigenvalue weighted by Gasteiger charge is 2.10. The van der Waals surface area contributed by atoms with Gasteiger partial charge in [0.1, 0.15) is 0 Å². The predicted octanol–water partition coefficient (Wildman–Crippen LogP) is 4.15. The average molecular weight is 277 g/mol. The van der Waals surface area contributed by atoms with Gasteiger partial charge in [0, 0.05) is 22.0 Å². The molecule has 2 aromatic heterocycles. The fourth-order valence-corrected chi connectivity index (χ4v) is 3.45.